The number of aliphatic imine (C=N–C) groups is 1. The predicted molar refractivity (Wildman–Crippen MR) is 122 cm³/mol. The Morgan fingerprint density at radius 1 is 1.21 bits per heavy atom. The van der Waals surface area contributed by atoms with Crippen molar-refractivity contribution in [3.05, 3.63) is 35.6 Å². The lowest BCUT2D eigenvalue weighted by atomic mass is 9.69. The van der Waals surface area contributed by atoms with Gasteiger partial charge < -0.3 is 15.0 Å². The van der Waals surface area contributed by atoms with E-state index in [0.717, 1.165) is 63.6 Å². The summed E-state index contributed by atoms with van der Waals surface area (Å²) < 4.78 is 19.6. The molecule has 1 N–H and O–H groups in total. The topological polar surface area (TPSA) is 36.9 Å². The van der Waals surface area contributed by atoms with E-state index in [4.69, 9.17) is 4.74 Å². The van der Waals surface area contributed by atoms with Crippen LogP contribution in [0.1, 0.15) is 50.5 Å². The van der Waals surface area contributed by atoms with Crippen molar-refractivity contribution in [3.8, 4) is 0 Å². The molecule has 6 heteroatoms. The summed E-state index contributed by atoms with van der Waals surface area (Å²) in [5.74, 6) is 0.852. The second-order valence-electron chi connectivity index (χ2n) is 8.73. The Kier molecular flexibility index (Phi) is 7.23. The predicted octanol–water partition coefficient (Wildman–Crippen LogP) is 4.33. The van der Waals surface area contributed by atoms with Crippen molar-refractivity contribution < 1.29 is 9.13 Å². The molecule has 1 atom stereocenters. The summed E-state index contributed by atoms with van der Waals surface area (Å²) in [7, 11) is 1.87. The molecule has 0 bridgehead atoms. The highest BCUT2D eigenvalue weighted by Gasteiger charge is 2.42. The van der Waals surface area contributed by atoms with Gasteiger partial charge in [-0.2, -0.15) is 0 Å². The Morgan fingerprint density at radius 3 is 2.71 bits per heavy atom. The van der Waals surface area contributed by atoms with Crippen LogP contribution in [0, 0.1) is 11.2 Å². The maximum absolute atomic E-state index is 13.9. The molecule has 2 heterocycles. The molecular weight excluding hydrogens is 468 g/mol. The number of nitrogens with zero attached hydrogens (tertiary/aromatic N) is 2. The number of guanidine groups is 1. The van der Waals surface area contributed by atoms with Gasteiger partial charge in [-0.05, 0) is 43.4 Å². The second kappa shape index (κ2) is 9.28. The van der Waals surface area contributed by atoms with Crippen molar-refractivity contribution in [2.24, 2.45) is 10.4 Å². The van der Waals surface area contributed by atoms with Crippen LogP contribution in [0.5, 0.6) is 0 Å². The van der Waals surface area contributed by atoms with Crippen molar-refractivity contribution in [1.29, 1.82) is 0 Å². The minimum absolute atomic E-state index is 0. The lowest BCUT2D eigenvalue weighted by Crippen LogP contribution is -2.48. The summed E-state index contributed by atoms with van der Waals surface area (Å²) >= 11 is 0. The fraction of sp³-hybridized carbons (Fsp3) is 0.682. The smallest absolute Gasteiger partial charge is 0.193 e. The maximum Gasteiger partial charge on any atom is 0.193 e. The third-order valence-electron chi connectivity index (χ3n) is 6.97. The van der Waals surface area contributed by atoms with E-state index in [-0.39, 0.29) is 35.2 Å². The summed E-state index contributed by atoms with van der Waals surface area (Å²) in [5, 5.41) is 3.66. The molecule has 0 radical (unpaired) electrons. The number of ether oxygens (including phenoxy) is 1. The minimum atomic E-state index is -0.135. The molecule has 3 fully saturated rings. The average molecular weight is 501 g/mol. The summed E-state index contributed by atoms with van der Waals surface area (Å²) in [6.45, 7) is 4.66. The number of benzene rings is 1. The van der Waals surface area contributed by atoms with Gasteiger partial charge in [0.25, 0.3) is 0 Å². The summed E-state index contributed by atoms with van der Waals surface area (Å²) in [6.07, 6.45) is 8.26. The van der Waals surface area contributed by atoms with E-state index < -0.39 is 0 Å². The zero-order valence-electron chi connectivity index (χ0n) is 16.9. The van der Waals surface area contributed by atoms with Crippen LogP contribution in [0.3, 0.4) is 0 Å². The van der Waals surface area contributed by atoms with Crippen LogP contribution in [0.25, 0.3) is 0 Å². The molecule has 4 rings (SSSR count). The normalized spacial score (nSPS) is 27.1. The highest BCUT2D eigenvalue weighted by Crippen LogP contribution is 2.40. The molecule has 156 valence electrons. The van der Waals surface area contributed by atoms with Crippen molar-refractivity contribution in [3.63, 3.8) is 0 Å². The van der Waals surface area contributed by atoms with Gasteiger partial charge in [0.05, 0.1) is 6.61 Å². The molecule has 1 aromatic carbocycles. The molecule has 2 aliphatic heterocycles. The van der Waals surface area contributed by atoms with Gasteiger partial charge in [0.2, 0.25) is 0 Å². The van der Waals surface area contributed by atoms with Gasteiger partial charge in [-0.15, -0.1) is 24.0 Å². The number of rotatable bonds is 3. The Balaban J connectivity index is 0.00000225. The Labute approximate surface area is 185 Å². The van der Waals surface area contributed by atoms with E-state index in [2.05, 4.69) is 21.3 Å². The number of hydrogen-bond acceptors (Lipinski definition) is 2. The van der Waals surface area contributed by atoms with Crippen LogP contribution in [0.2, 0.25) is 0 Å². The number of halogens is 2. The van der Waals surface area contributed by atoms with Crippen molar-refractivity contribution in [1.82, 2.24) is 10.2 Å². The quantitative estimate of drug-likeness (QED) is 0.381. The first kappa shape index (κ1) is 21.8. The lowest BCUT2D eigenvalue weighted by molar-refractivity contribution is 0.156. The lowest BCUT2D eigenvalue weighted by Gasteiger charge is -2.39. The van der Waals surface area contributed by atoms with Crippen LogP contribution in [0.15, 0.2) is 29.3 Å². The summed E-state index contributed by atoms with van der Waals surface area (Å²) in [6, 6.07) is 7.22. The first-order valence-electron chi connectivity index (χ1n) is 10.4. The van der Waals surface area contributed by atoms with Crippen LogP contribution in [0.4, 0.5) is 4.39 Å². The second-order valence-corrected chi connectivity index (χ2v) is 8.73. The Bertz CT molecular complexity index is 684. The van der Waals surface area contributed by atoms with E-state index >= 15 is 0 Å². The minimum Gasteiger partial charge on any atom is -0.381 e. The van der Waals surface area contributed by atoms with E-state index in [9.17, 15) is 4.39 Å². The zero-order chi connectivity index (χ0) is 18.7. The number of hydrogen-bond donors (Lipinski definition) is 1. The van der Waals surface area contributed by atoms with Crippen LogP contribution >= 0.6 is 24.0 Å². The van der Waals surface area contributed by atoms with Crippen LogP contribution in [-0.2, 0) is 10.2 Å². The molecule has 1 aromatic rings. The van der Waals surface area contributed by atoms with Gasteiger partial charge >= 0.3 is 0 Å². The standard InChI is InChI=1S/C22H32FN3O.HI/c1-24-20(26-12-10-21(16-26)11-13-27-17-21)25-15-22(8-3-2-4-9-22)18-6-5-7-19(23)14-18;/h5-7,14H,2-4,8-13,15-17H2,1H3,(H,24,25);1H. The molecule has 3 aliphatic rings. The average Bonchev–Trinajstić information content (AvgIpc) is 3.33. The van der Waals surface area contributed by atoms with Gasteiger partial charge in [0.1, 0.15) is 5.82 Å². The van der Waals surface area contributed by atoms with E-state index in [1.54, 1.807) is 12.1 Å². The Hall–Kier alpha value is -0.890. The number of nitrogens with one attached hydrogen (secondary N) is 1. The van der Waals surface area contributed by atoms with E-state index in [1.165, 1.54) is 25.7 Å². The largest absolute Gasteiger partial charge is 0.381 e. The molecule has 1 aliphatic carbocycles. The molecule has 1 spiro atoms. The van der Waals surface area contributed by atoms with Crippen molar-refractivity contribution in [2.75, 3.05) is 39.9 Å². The van der Waals surface area contributed by atoms with E-state index in [1.807, 2.05) is 13.1 Å². The number of likely N-dealkylation sites (tertiary alicyclic amines) is 1. The van der Waals surface area contributed by atoms with Crippen LogP contribution in [-0.4, -0.2) is 50.8 Å². The Morgan fingerprint density at radius 2 is 2.04 bits per heavy atom. The molecule has 0 aromatic heterocycles. The monoisotopic (exact) mass is 501 g/mol. The molecule has 4 nitrogen and oxygen atoms in total. The third kappa shape index (κ3) is 4.48. The van der Waals surface area contributed by atoms with E-state index in [0.29, 0.717) is 5.41 Å². The van der Waals surface area contributed by atoms with Crippen molar-refractivity contribution in [2.45, 2.75) is 50.4 Å². The SMILES string of the molecule is CN=C(NCC1(c2cccc(F)c2)CCCCC1)N1CCC2(CCOC2)C1.I. The fourth-order valence-electron chi connectivity index (χ4n) is 5.28. The highest BCUT2D eigenvalue weighted by atomic mass is 127. The van der Waals surface area contributed by atoms with Gasteiger partial charge in [-0.3, -0.25) is 4.99 Å². The van der Waals surface area contributed by atoms with Gasteiger partial charge in [0.15, 0.2) is 5.96 Å². The van der Waals surface area contributed by atoms with Crippen LogP contribution < -0.4 is 5.32 Å². The third-order valence-corrected chi connectivity index (χ3v) is 6.97. The molecule has 1 unspecified atom stereocenters. The van der Waals surface area contributed by atoms with Gasteiger partial charge in [0, 0.05) is 44.1 Å². The zero-order valence-corrected chi connectivity index (χ0v) is 19.2. The first-order valence-corrected chi connectivity index (χ1v) is 10.4. The molecular formula is C22H33FIN3O. The molecule has 2 saturated heterocycles. The van der Waals surface area contributed by atoms with Gasteiger partial charge in [-0.25, -0.2) is 4.39 Å². The van der Waals surface area contributed by atoms with Gasteiger partial charge in [-0.1, -0.05) is 31.4 Å². The first-order chi connectivity index (χ1) is 13.1. The highest BCUT2D eigenvalue weighted by molar-refractivity contribution is 14.0. The summed E-state index contributed by atoms with van der Waals surface area (Å²) in [4.78, 5) is 6.95. The van der Waals surface area contributed by atoms with Crippen molar-refractivity contribution >= 4 is 29.9 Å². The molecule has 28 heavy (non-hydrogen) atoms. The summed E-state index contributed by atoms with van der Waals surface area (Å²) in [5.41, 5.74) is 1.46. The maximum atomic E-state index is 13.9. The molecule has 0 amide bonds. The fourth-order valence-corrected chi connectivity index (χ4v) is 5.28. The molecule has 1 saturated carbocycles.